The van der Waals surface area contributed by atoms with Crippen molar-refractivity contribution in [3.8, 4) is 46.0 Å². The number of aromatic hydroxyl groups is 6. The first-order chi connectivity index (χ1) is 16.7. The highest BCUT2D eigenvalue weighted by Crippen LogP contribution is 2.39. The maximum absolute atomic E-state index is 11.8. The van der Waals surface area contributed by atoms with E-state index in [1.807, 2.05) is 0 Å². The van der Waals surface area contributed by atoms with Crippen molar-refractivity contribution in [1.29, 1.82) is 0 Å². The fraction of sp³-hybridized carbons (Fsp3) is 0.440. The molecule has 0 fully saturated rings. The lowest BCUT2D eigenvalue weighted by Crippen LogP contribution is -2.07. The number of hydrogen-bond donors (Lipinski definition) is 6. The van der Waals surface area contributed by atoms with Crippen molar-refractivity contribution in [2.45, 2.75) is 70.6 Å². The SMILES string of the molecule is O=C(CCCCCCCCCCCC(=O)Oc1cc(O)c(O)c(O)c1)Oc1cc(O)c(O)c(O)c1. The Hall–Kier alpha value is -3.82. The Labute approximate surface area is 203 Å². The lowest BCUT2D eigenvalue weighted by atomic mass is 10.1. The van der Waals surface area contributed by atoms with E-state index in [0.29, 0.717) is 12.8 Å². The fourth-order valence-corrected chi connectivity index (χ4v) is 3.42. The van der Waals surface area contributed by atoms with Crippen molar-refractivity contribution in [2.75, 3.05) is 0 Å². The first kappa shape index (κ1) is 27.4. The van der Waals surface area contributed by atoms with E-state index < -0.39 is 46.4 Å². The predicted molar refractivity (Wildman–Crippen MR) is 125 cm³/mol. The molecule has 0 unspecified atom stereocenters. The van der Waals surface area contributed by atoms with E-state index in [4.69, 9.17) is 9.47 Å². The molecule has 0 spiro atoms. The maximum atomic E-state index is 11.8. The topological polar surface area (TPSA) is 174 Å². The zero-order chi connectivity index (χ0) is 25.8. The number of rotatable bonds is 14. The van der Waals surface area contributed by atoms with Gasteiger partial charge >= 0.3 is 11.9 Å². The summed E-state index contributed by atoms with van der Waals surface area (Å²) in [5.74, 6) is -4.62. The molecular formula is C25H32O10. The molecule has 0 aliphatic rings. The number of unbranched alkanes of at least 4 members (excludes halogenated alkanes) is 8. The third-order valence-corrected chi connectivity index (χ3v) is 5.31. The molecule has 0 aliphatic heterocycles. The van der Waals surface area contributed by atoms with Crippen LogP contribution in [0.4, 0.5) is 0 Å². The molecule has 192 valence electrons. The van der Waals surface area contributed by atoms with Crippen LogP contribution >= 0.6 is 0 Å². The van der Waals surface area contributed by atoms with Gasteiger partial charge in [0, 0.05) is 37.1 Å². The van der Waals surface area contributed by atoms with Gasteiger partial charge in [-0.05, 0) is 12.8 Å². The number of phenols is 6. The van der Waals surface area contributed by atoms with Gasteiger partial charge in [-0.15, -0.1) is 0 Å². The minimum absolute atomic E-state index is 0.0324. The van der Waals surface area contributed by atoms with Crippen LogP contribution in [0.5, 0.6) is 46.0 Å². The summed E-state index contributed by atoms with van der Waals surface area (Å²) in [6.45, 7) is 0. The molecule has 0 aromatic heterocycles. The second kappa shape index (κ2) is 13.8. The van der Waals surface area contributed by atoms with Gasteiger partial charge in [0.25, 0.3) is 0 Å². The van der Waals surface area contributed by atoms with Gasteiger partial charge in [-0.1, -0.05) is 44.9 Å². The summed E-state index contributed by atoms with van der Waals surface area (Å²) in [6.07, 6.45) is 8.55. The lowest BCUT2D eigenvalue weighted by molar-refractivity contribution is -0.135. The summed E-state index contributed by atoms with van der Waals surface area (Å²) in [7, 11) is 0. The van der Waals surface area contributed by atoms with E-state index in [2.05, 4.69) is 0 Å². The highest BCUT2D eigenvalue weighted by atomic mass is 16.5. The molecule has 0 aliphatic carbocycles. The lowest BCUT2D eigenvalue weighted by Gasteiger charge is -2.07. The number of ether oxygens (including phenoxy) is 2. The minimum Gasteiger partial charge on any atom is -0.504 e. The molecule has 0 radical (unpaired) electrons. The second-order valence-electron chi connectivity index (χ2n) is 8.25. The quantitative estimate of drug-likeness (QED) is 0.0936. The molecule has 10 heteroatoms. The van der Waals surface area contributed by atoms with E-state index in [9.17, 15) is 40.2 Å². The van der Waals surface area contributed by atoms with E-state index in [1.54, 1.807) is 0 Å². The zero-order valence-corrected chi connectivity index (χ0v) is 19.4. The number of carbonyl (C=O) groups is 2. The number of hydrogen-bond acceptors (Lipinski definition) is 10. The van der Waals surface area contributed by atoms with Crippen molar-refractivity contribution in [3.63, 3.8) is 0 Å². The van der Waals surface area contributed by atoms with Crippen LogP contribution < -0.4 is 9.47 Å². The molecule has 0 saturated carbocycles. The van der Waals surface area contributed by atoms with Gasteiger partial charge < -0.3 is 40.1 Å². The van der Waals surface area contributed by atoms with E-state index in [-0.39, 0.29) is 24.3 Å². The van der Waals surface area contributed by atoms with Gasteiger partial charge in [-0.25, -0.2) is 0 Å². The summed E-state index contributed by atoms with van der Waals surface area (Å²) in [6, 6.07) is 4.23. The molecule has 0 atom stereocenters. The molecular weight excluding hydrogens is 460 g/mol. The Kier molecular flexibility index (Phi) is 10.8. The Balaban J connectivity index is 1.45. The van der Waals surface area contributed by atoms with Crippen LogP contribution in [0.15, 0.2) is 24.3 Å². The molecule has 0 bridgehead atoms. The Morgan fingerprint density at radius 2 is 0.743 bits per heavy atom. The molecule has 6 N–H and O–H groups in total. The van der Waals surface area contributed by atoms with Gasteiger partial charge in [0.15, 0.2) is 23.0 Å². The van der Waals surface area contributed by atoms with Crippen LogP contribution in [0, 0.1) is 0 Å². The molecule has 2 aromatic carbocycles. The summed E-state index contributed by atoms with van der Waals surface area (Å²) >= 11 is 0. The largest absolute Gasteiger partial charge is 0.504 e. The second-order valence-corrected chi connectivity index (χ2v) is 8.25. The van der Waals surface area contributed by atoms with Gasteiger partial charge in [-0.3, -0.25) is 9.59 Å². The average molecular weight is 493 g/mol. The van der Waals surface area contributed by atoms with Crippen LogP contribution in [-0.4, -0.2) is 42.6 Å². The van der Waals surface area contributed by atoms with Crippen LogP contribution in [-0.2, 0) is 9.59 Å². The molecule has 10 nitrogen and oxygen atoms in total. The van der Waals surface area contributed by atoms with E-state index >= 15 is 0 Å². The first-order valence-electron chi connectivity index (χ1n) is 11.6. The van der Waals surface area contributed by atoms with Crippen molar-refractivity contribution < 1.29 is 49.7 Å². The van der Waals surface area contributed by atoms with Crippen LogP contribution in [0.25, 0.3) is 0 Å². The monoisotopic (exact) mass is 492 g/mol. The number of carbonyl (C=O) groups excluding carboxylic acids is 2. The third-order valence-electron chi connectivity index (χ3n) is 5.31. The standard InChI is InChI=1S/C25H32O10/c26-18-12-16(13-19(27)24(18)32)34-22(30)10-8-6-4-2-1-3-5-7-9-11-23(31)35-17-14-20(28)25(33)21(29)15-17/h12-15,26-29,32-33H,1-11H2. The van der Waals surface area contributed by atoms with Crippen LogP contribution in [0.1, 0.15) is 70.6 Å². The van der Waals surface area contributed by atoms with Gasteiger partial charge in [-0.2, -0.15) is 0 Å². The molecule has 0 saturated heterocycles. The molecule has 0 heterocycles. The molecule has 35 heavy (non-hydrogen) atoms. The number of benzene rings is 2. The van der Waals surface area contributed by atoms with Crippen molar-refractivity contribution in [1.82, 2.24) is 0 Å². The highest BCUT2D eigenvalue weighted by molar-refractivity contribution is 5.73. The Bertz CT molecular complexity index is 876. The molecule has 2 aromatic rings. The normalized spacial score (nSPS) is 10.7. The smallest absolute Gasteiger partial charge is 0.311 e. The van der Waals surface area contributed by atoms with Gasteiger partial charge in [0.1, 0.15) is 11.5 Å². The maximum Gasteiger partial charge on any atom is 0.311 e. The number of esters is 2. The fourth-order valence-electron chi connectivity index (χ4n) is 3.42. The van der Waals surface area contributed by atoms with Crippen molar-refractivity contribution >= 4 is 11.9 Å². The number of phenolic OH excluding ortho intramolecular Hbond substituents is 6. The van der Waals surface area contributed by atoms with E-state index in [1.165, 1.54) is 0 Å². The Morgan fingerprint density at radius 1 is 0.486 bits per heavy atom. The minimum atomic E-state index is -0.665. The Morgan fingerprint density at radius 3 is 1.03 bits per heavy atom. The first-order valence-corrected chi connectivity index (χ1v) is 11.6. The molecule has 2 rings (SSSR count). The van der Waals surface area contributed by atoms with Gasteiger partial charge in [0.2, 0.25) is 11.5 Å². The summed E-state index contributed by atoms with van der Waals surface area (Å²) in [5, 5.41) is 56.2. The third kappa shape index (κ3) is 9.52. The van der Waals surface area contributed by atoms with Gasteiger partial charge in [0.05, 0.1) is 0 Å². The summed E-state index contributed by atoms with van der Waals surface area (Å²) in [4.78, 5) is 23.7. The predicted octanol–water partition coefficient (Wildman–Crippen LogP) is 4.72. The van der Waals surface area contributed by atoms with E-state index in [0.717, 1.165) is 69.2 Å². The highest BCUT2D eigenvalue weighted by Gasteiger charge is 2.13. The summed E-state index contributed by atoms with van der Waals surface area (Å²) < 4.78 is 10.1. The van der Waals surface area contributed by atoms with Crippen LogP contribution in [0.2, 0.25) is 0 Å². The molecule has 0 amide bonds. The summed E-state index contributed by atoms with van der Waals surface area (Å²) in [5.41, 5.74) is 0. The van der Waals surface area contributed by atoms with Crippen LogP contribution in [0.3, 0.4) is 0 Å². The zero-order valence-electron chi connectivity index (χ0n) is 19.4. The average Bonchev–Trinajstić information content (AvgIpc) is 2.79. The van der Waals surface area contributed by atoms with Crippen molar-refractivity contribution in [3.05, 3.63) is 24.3 Å². The van der Waals surface area contributed by atoms with Crippen molar-refractivity contribution in [2.24, 2.45) is 0 Å².